The summed E-state index contributed by atoms with van der Waals surface area (Å²) in [6.07, 6.45) is 1.82. The van der Waals surface area contributed by atoms with Crippen LogP contribution in [-0.4, -0.2) is 39.0 Å². The zero-order valence-electron chi connectivity index (χ0n) is 16.7. The van der Waals surface area contributed by atoms with E-state index in [9.17, 15) is 22.4 Å². The van der Waals surface area contributed by atoms with E-state index < -0.39 is 11.9 Å². The standard InChI is InChI=1S/C21H20F4N4O2/c1-12-16(8-9-17(26-12)21(23,24)25)20(30)29-10-2-3-14(11-29)19-27-18(28-31-19)13-4-6-15(22)7-5-13/h4,6-9,13-14H,2-3,5,10-11H2,1H3/t13?,14-/m0/s1. The number of alkyl halides is 3. The number of pyridine rings is 1. The maximum atomic E-state index is 13.1. The van der Waals surface area contributed by atoms with Crippen molar-refractivity contribution in [1.82, 2.24) is 20.0 Å². The van der Waals surface area contributed by atoms with E-state index >= 15 is 0 Å². The van der Waals surface area contributed by atoms with Crippen LogP contribution in [-0.2, 0) is 6.18 Å². The van der Waals surface area contributed by atoms with Gasteiger partial charge in [0.05, 0.1) is 17.2 Å². The fourth-order valence-electron chi connectivity index (χ4n) is 3.83. The van der Waals surface area contributed by atoms with Gasteiger partial charge in [0.1, 0.15) is 11.5 Å². The van der Waals surface area contributed by atoms with Crippen LogP contribution >= 0.6 is 0 Å². The number of nitrogens with zero attached hydrogens (tertiary/aromatic N) is 4. The van der Waals surface area contributed by atoms with Gasteiger partial charge >= 0.3 is 6.18 Å². The molecule has 31 heavy (non-hydrogen) atoms. The molecule has 1 aliphatic heterocycles. The molecule has 0 spiro atoms. The molecule has 3 heterocycles. The molecule has 0 bridgehead atoms. The Hall–Kier alpha value is -3.04. The van der Waals surface area contributed by atoms with Crippen LogP contribution in [0.2, 0.25) is 0 Å². The molecule has 10 heteroatoms. The van der Waals surface area contributed by atoms with E-state index in [1.54, 1.807) is 11.0 Å². The van der Waals surface area contributed by atoms with Gasteiger partial charge in [0.15, 0.2) is 5.82 Å². The molecular formula is C21H20F4N4O2. The third-order valence-corrected chi connectivity index (χ3v) is 5.51. The summed E-state index contributed by atoms with van der Waals surface area (Å²) in [6.45, 7) is 2.19. The molecule has 2 aromatic rings. The summed E-state index contributed by atoms with van der Waals surface area (Å²) in [5.74, 6) is -0.159. The van der Waals surface area contributed by atoms with E-state index in [1.165, 1.54) is 25.1 Å². The molecule has 0 N–H and O–H groups in total. The minimum atomic E-state index is -4.56. The van der Waals surface area contributed by atoms with Gasteiger partial charge in [0, 0.05) is 19.0 Å². The molecule has 2 aliphatic rings. The van der Waals surface area contributed by atoms with Crippen LogP contribution in [0.3, 0.4) is 0 Å². The predicted molar refractivity (Wildman–Crippen MR) is 102 cm³/mol. The number of rotatable bonds is 3. The van der Waals surface area contributed by atoms with Gasteiger partial charge in [-0.05, 0) is 50.5 Å². The van der Waals surface area contributed by atoms with Crippen LogP contribution in [0, 0.1) is 6.92 Å². The highest BCUT2D eigenvalue weighted by molar-refractivity contribution is 5.95. The molecule has 1 amide bonds. The molecule has 0 aromatic carbocycles. The molecule has 2 atom stereocenters. The maximum absolute atomic E-state index is 13.1. The van der Waals surface area contributed by atoms with E-state index in [1.807, 2.05) is 0 Å². The number of carbonyl (C=O) groups excluding carboxylic acids is 1. The van der Waals surface area contributed by atoms with Crippen molar-refractivity contribution in [3.05, 3.63) is 64.9 Å². The SMILES string of the molecule is Cc1nc(C(F)(F)F)ccc1C(=O)N1CCC[C@H](c2nc(C3C=CC(F)=CC3)no2)C1. The van der Waals surface area contributed by atoms with Gasteiger partial charge in [-0.25, -0.2) is 9.37 Å². The maximum Gasteiger partial charge on any atom is 0.433 e. The van der Waals surface area contributed by atoms with E-state index in [4.69, 9.17) is 4.52 Å². The first-order valence-corrected chi connectivity index (χ1v) is 9.94. The first-order valence-electron chi connectivity index (χ1n) is 9.94. The molecular weight excluding hydrogens is 416 g/mol. The lowest BCUT2D eigenvalue weighted by Gasteiger charge is -2.31. The second kappa shape index (κ2) is 8.24. The average Bonchev–Trinajstić information content (AvgIpc) is 3.23. The molecule has 6 nitrogen and oxygen atoms in total. The number of halogens is 4. The van der Waals surface area contributed by atoms with Gasteiger partial charge in [-0.15, -0.1) is 0 Å². The highest BCUT2D eigenvalue weighted by Gasteiger charge is 2.34. The molecule has 4 rings (SSSR count). The zero-order valence-corrected chi connectivity index (χ0v) is 16.7. The van der Waals surface area contributed by atoms with Crippen LogP contribution in [0.25, 0.3) is 0 Å². The summed E-state index contributed by atoms with van der Waals surface area (Å²) >= 11 is 0. The summed E-state index contributed by atoms with van der Waals surface area (Å²) < 4.78 is 57.1. The van der Waals surface area contributed by atoms with Gasteiger partial charge in [-0.2, -0.15) is 18.2 Å². The van der Waals surface area contributed by atoms with Gasteiger partial charge in [0.2, 0.25) is 5.89 Å². The van der Waals surface area contributed by atoms with Crippen molar-refractivity contribution in [1.29, 1.82) is 0 Å². The number of aryl methyl sites for hydroxylation is 1. The largest absolute Gasteiger partial charge is 0.433 e. The van der Waals surface area contributed by atoms with Gasteiger partial charge in [-0.1, -0.05) is 11.2 Å². The Balaban J connectivity index is 1.47. The van der Waals surface area contributed by atoms with Gasteiger partial charge < -0.3 is 9.42 Å². The number of amides is 1. The summed E-state index contributed by atoms with van der Waals surface area (Å²) in [7, 11) is 0. The third-order valence-electron chi connectivity index (χ3n) is 5.51. The van der Waals surface area contributed by atoms with Crippen molar-refractivity contribution in [3.63, 3.8) is 0 Å². The molecule has 2 aromatic heterocycles. The number of aromatic nitrogens is 3. The number of hydrogen-bond donors (Lipinski definition) is 0. The summed E-state index contributed by atoms with van der Waals surface area (Å²) in [4.78, 5) is 22.5. The fourth-order valence-corrected chi connectivity index (χ4v) is 3.83. The van der Waals surface area contributed by atoms with E-state index in [0.29, 0.717) is 37.6 Å². The Labute approximate surface area is 175 Å². The zero-order chi connectivity index (χ0) is 22.2. The lowest BCUT2D eigenvalue weighted by atomic mass is 9.96. The first-order chi connectivity index (χ1) is 14.7. The van der Waals surface area contributed by atoms with Crippen molar-refractivity contribution in [2.75, 3.05) is 13.1 Å². The Morgan fingerprint density at radius 3 is 2.74 bits per heavy atom. The van der Waals surface area contributed by atoms with Crippen LogP contribution < -0.4 is 0 Å². The second-order valence-corrected chi connectivity index (χ2v) is 7.70. The monoisotopic (exact) mass is 436 g/mol. The van der Waals surface area contributed by atoms with E-state index in [-0.39, 0.29) is 34.8 Å². The number of allylic oxidation sites excluding steroid dienone is 4. The molecule has 0 saturated carbocycles. The Bertz CT molecular complexity index is 1040. The van der Waals surface area contributed by atoms with Crippen molar-refractivity contribution >= 4 is 5.91 Å². The summed E-state index contributed by atoms with van der Waals surface area (Å²) in [6, 6.07) is 1.99. The number of hydrogen-bond acceptors (Lipinski definition) is 5. The second-order valence-electron chi connectivity index (χ2n) is 7.70. The Morgan fingerprint density at radius 1 is 1.26 bits per heavy atom. The molecule has 1 saturated heterocycles. The van der Waals surface area contributed by atoms with Gasteiger partial charge in [-0.3, -0.25) is 4.79 Å². The number of likely N-dealkylation sites (tertiary alicyclic amines) is 1. The number of carbonyl (C=O) groups is 1. The molecule has 1 aliphatic carbocycles. The number of piperidine rings is 1. The third kappa shape index (κ3) is 4.52. The lowest BCUT2D eigenvalue weighted by Crippen LogP contribution is -2.39. The van der Waals surface area contributed by atoms with Crippen LogP contribution in [0.5, 0.6) is 0 Å². The van der Waals surface area contributed by atoms with Gasteiger partial charge in [0.25, 0.3) is 5.91 Å². The molecule has 164 valence electrons. The van der Waals surface area contributed by atoms with Crippen molar-refractivity contribution < 1.29 is 26.9 Å². The first kappa shape index (κ1) is 21.2. The Kier molecular flexibility index (Phi) is 5.63. The Morgan fingerprint density at radius 2 is 2.06 bits per heavy atom. The fraction of sp³-hybridized carbons (Fsp3) is 0.429. The lowest BCUT2D eigenvalue weighted by molar-refractivity contribution is -0.141. The van der Waals surface area contributed by atoms with E-state index in [2.05, 4.69) is 15.1 Å². The van der Waals surface area contributed by atoms with Crippen molar-refractivity contribution in [2.45, 2.75) is 44.2 Å². The van der Waals surface area contributed by atoms with E-state index in [0.717, 1.165) is 12.5 Å². The molecule has 1 fully saturated rings. The van der Waals surface area contributed by atoms with Crippen molar-refractivity contribution in [2.24, 2.45) is 0 Å². The highest BCUT2D eigenvalue weighted by Crippen LogP contribution is 2.31. The topological polar surface area (TPSA) is 72.1 Å². The highest BCUT2D eigenvalue weighted by atomic mass is 19.4. The minimum Gasteiger partial charge on any atom is -0.339 e. The van der Waals surface area contributed by atoms with Crippen molar-refractivity contribution in [3.8, 4) is 0 Å². The predicted octanol–water partition coefficient (Wildman–Crippen LogP) is 4.71. The molecule has 0 radical (unpaired) electrons. The molecule has 1 unspecified atom stereocenters. The average molecular weight is 436 g/mol. The summed E-state index contributed by atoms with van der Waals surface area (Å²) in [5, 5.41) is 4.01. The van der Waals surface area contributed by atoms with Crippen LogP contribution in [0.1, 0.15) is 64.6 Å². The minimum absolute atomic E-state index is 0.0337. The van der Waals surface area contributed by atoms with Crippen LogP contribution in [0.4, 0.5) is 17.6 Å². The quantitative estimate of drug-likeness (QED) is 0.652. The normalized spacial score (nSPS) is 21.8. The smallest absolute Gasteiger partial charge is 0.339 e. The summed E-state index contributed by atoms with van der Waals surface area (Å²) in [5.41, 5.74) is -0.852. The van der Waals surface area contributed by atoms with Crippen LogP contribution in [0.15, 0.2) is 40.7 Å².